The molecule has 3 aromatic rings. The molecule has 0 aliphatic heterocycles. The average molecular weight is 376 g/mol. The Balaban J connectivity index is 2.07. The lowest BCUT2D eigenvalue weighted by Gasteiger charge is -2.20. The number of fused-ring (bicyclic) bond motifs is 1. The van der Waals surface area contributed by atoms with Crippen LogP contribution in [0, 0.1) is 0 Å². The SMILES string of the molecule is CCOC(=O)CN(c1nc2ccccc2s1)S(=O)(=O)c1ccccc1. The Hall–Kier alpha value is -2.45. The van der Waals surface area contributed by atoms with Gasteiger partial charge in [0.15, 0.2) is 0 Å². The van der Waals surface area contributed by atoms with Crippen LogP contribution < -0.4 is 4.31 Å². The van der Waals surface area contributed by atoms with Gasteiger partial charge >= 0.3 is 5.97 Å². The third kappa shape index (κ3) is 3.64. The first kappa shape index (κ1) is 17.4. The van der Waals surface area contributed by atoms with Crippen molar-refractivity contribution < 1.29 is 17.9 Å². The molecular formula is C17H16N2O4S2. The predicted octanol–water partition coefficient (Wildman–Crippen LogP) is 3.05. The maximum Gasteiger partial charge on any atom is 0.326 e. The number of carbonyl (C=O) groups excluding carboxylic acids is 1. The number of hydrogen-bond acceptors (Lipinski definition) is 6. The zero-order chi connectivity index (χ0) is 17.9. The van der Waals surface area contributed by atoms with E-state index in [9.17, 15) is 13.2 Å². The zero-order valence-corrected chi connectivity index (χ0v) is 15.1. The molecule has 0 unspecified atom stereocenters. The van der Waals surface area contributed by atoms with E-state index >= 15 is 0 Å². The second-order valence-corrected chi connectivity index (χ2v) is 7.97. The fourth-order valence-electron chi connectivity index (χ4n) is 2.27. The van der Waals surface area contributed by atoms with Gasteiger partial charge in [-0.25, -0.2) is 17.7 Å². The maximum atomic E-state index is 13.0. The molecule has 3 rings (SSSR count). The first-order valence-electron chi connectivity index (χ1n) is 7.61. The molecular weight excluding hydrogens is 360 g/mol. The summed E-state index contributed by atoms with van der Waals surface area (Å²) in [6.45, 7) is 1.43. The number of nitrogens with zero attached hydrogens (tertiary/aromatic N) is 2. The molecule has 1 aromatic heterocycles. The third-order valence-electron chi connectivity index (χ3n) is 3.41. The normalized spacial score (nSPS) is 11.4. The highest BCUT2D eigenvalue weighted by atomic mass is 32.2. The van der Waals surface area contributed by atoms with Crippen molar-refractivity contribution in [1.82, 2.24) is 4.98 Å². The molecule has 0 N–H and O–H groups in total. The number of para-hydroxylation sites is 1. The number of carbonyl (C=O) groups is 1. The number of rotatable bonds is 6. The number of ether oxygens (including phenoxy) is 1. The van der Waals surface area contributed by atoms with E-state index in [4.69, 9.17) is 4.74 Å². The molecule has 0 saturated carbocycles. The van der Waals surface area contributed by atoms with Crippen molar-refractivity contribution in [2.75, 3.05) is 17.5 Å². The lowest BCUT2D eigenvalue weighted by atomic mass is 10.3. The highest BCUT2D eigenvalue weighted by Gasteiger charge is 2.30. The molecule has 0 atom stereocenters. The molecule has 0 spiro atoms. The van der Waals surface area contributed by atoms with Crippen molar-refractivity contribution >= 4 is 42.7 Å². The lowest BCUT2D eigenvalue weighted by molar-refractivity contribution is -0.141. The minimum absolute atomic E-state index is 0.0959. The van der Waals surface area contributed by atoms with E-state index in [1.165, 1.54) is 23.5 Å². The highest BCUT2D eigenvalue weighted by Crippen LogP contribution is 2.32. The van der Waals surface area contributed by atoms with Crippen LogP contribution in [0.2, 0.25) is 0 Å². The van der Waals surface area contributed by atoms with E-state index in [0.29, 0.717) is 5.52 Å². The van der Waals surface area contributed by atoms with Crippen molar-refractivity contribution in [2.24, 2.45) is 0 Å². The second kappa shape index (κ2) is 7.20. The van der Waals surface area contributed by atoms with Gasteiger partial charge in [0, 0.05) is 0 Å². The van der Waals surface area contributed by atoms with Crippen molar-refractivity contribution in [3.8, 4) is 0 Å². The third-order valence-corrected chi connectivity index (χ3v) is 6.33. The second-order valence-electron chi connectivity index (χ2n) is 5.09. The Morgan fingerprint density at radius 2 is 1.80 bits per heavy atom. The molecule has 2 aromatic carbocycles. The van der Waals surface area contributed by atoms with Crippen LogP contribution in [0.1, 0.15) is 6.92 Å². The average Bonchev–Trinajstić information content (AvgIpc) is 3.04. The molecule has 8 heteroatoms. The Morgan fingerprint density at radius 1 is 1.12 bits per heavy atom. The largest absolute Gasteiger partial charge is 0.465 e. The summed E-state index contributed by atoms with van der Waals surface area (Å²) in [6.07, 6.45) is 0. The minimum atomic E-state index is -3.93. The summed E-state index contributed by atoms with van der Waals surface area (Å²) in [7, 11) is -3.93. The summed E-state index contributed by atoms with van der Waals surface area (Å²) in [5.74, 6) is -0.624. The highest BCUT2D eigenvalue weighted by molar-refractivity contribution is 7.93. The van der Waals surface area contributed by atoms with E-state index in [1.807, 2.05) is 18.2 Å². The smallest absolute Gasteiger partial charge is 0.326 e. The molecule has 0 saturated heterocycles. The fraction of sp³-hybridized carbons (Fsp3) is 0.176. The Kier molecular flexibility index (Phi) is 5.00. The molecule has 0 fully saturated rings. The summed E-state index contributed by atoms with van der Waals surface area (Å²) >= 11 is 1.21. The standard InChI is InChI=1S/C17H16N2O4S2/c1-2-23-16(20)12-19(25(21,22)13-8-4-3-5-9-13)17-18-14-10-6-7-11-15(14)24-17/h3-11H,2,12H2,1H3. The monoisotopic (exact) mass is 376 g/mol. The van der Waals surface area contributed by atoms with Crippen molar-refractivity contribution in [3.63, 3.8) is 0 Å². The minimum Gasteiger partial charge on any atom is -0.465 e. The number of sulfonamides is 1. The molecule has 0 aliphatic carbocycles. The van der Waals surface area contributed by atoms with Gasteiger partial charge in [-0.05, 0) is 31.2 Å². The lowest BCUT2D eigenvalue weighted by Crippen LogP contribution is -2.36. The van der Waals surface area contributed by atoms with Crippen LogP contribution in [0.25, 0.3) is 10.2 Å². The molecule has 0 amide bonds. The Bertz CT molecular complexity index is 951. The van der Waals surface area contributed by atoms with Gasteiger partial charge in [0.2, 0.25) is 5.13 Å². The van der Waals surface area contributed by atoms with Gasteiger partial charge in [-0.3, -0.25) is 4.79 Å². The molecule has 6 nitrogen and oxygen atoms in total. The summed E-state index contributed by atoms with van der Waals surface area (Å²) in [5.41, 5.74) is 0.680. The zero-order valence-electron chi connectivity index (χ0n) is 13.5. The van der Waals surface area contributed by atoms with Gasteiger partial charge in [-0.15, -0.1) is 0 Å². The number of esters is 1. The fourth-order valence-corrected chi connectivity index (χ4v) is 4.82. The van der Waals surface area contributed by atoms with Crippen LogP contribution in [-0.2, 0) is 19.6 Å². The number of thiazole rings is 1. The topological polar surface area (TPSA) is 76.6 Å². The van der Waals surface area contributed by atoms with Crippen LogP contribution in [0.5, 0.6) is 0 Å². The van der Waals surface area contributed by atoms with Crippen LogP contribution >= 0.6 is 11.3 Å². The van der Waals surface area contributed by atoms with Crippen molar-refractivity contribution in [1.29, 1.82) is 0 Å². The first-order chi connectivity index (χ1) is 12.0. The number of aromatic nitrogens is 1. The van der Waals surface area contributed by atoms with Gasteiger partial charge < -0.3 is 4.74 Å². The molecule has 1 heterocycles. The van der Waals surface area contributed by atoms with Gasteiger partial charge in [0.05, 0.1) is 21.7 Å². The molecule has 0 bridgehead atoms. The van der Waals surface area contributed by atoms with E-state index in [2.05, 4.69) is 4.98 Å². The summed E-state index contributed by atoms with van der Waals surface area (Å²) in [6, 6.07) is 15.3. The molecule has 25 heavy (non-hydrogen) atoms. The summed E-state index contributed by atoms with van der Waals surface area (Å²) < 4.78 is 32.8. The van der Waals surface area contributed by atoms with E-state index < -0.39 is 22.5 Å². The Labute approximate surface area is 149 Å². The Morgan fingerprint density at radius 3 is 2.48 bits per heavy atom. The summed E-state index contributed by atoms with van der Waals surface area (Å²) in [4.78, 5) is 16.4. The number of anilines is 1. The van der Waals surface area contributed by atoms with Gasteiger partial charge in [-0.1, -0.05) is 41.7 Å². The van der Waals surface area contributed by atoms with E-state index in [-0.39, 0.29) is 16.6 Å². The van der Waals surface area contributed by atoms with Crippen LogP contribution in [0.4, 0.5) is 5.13 Å². The number of hydrogen-bond donors (Lipinski definition) is 0. The van der Waals surface area contributed by atoms with Crippen molar-refractivity contribution in [2.45, 2.75) is 11.8 Å². The van der Waals surface area contributed by atoms with Crippen LogP contribution in [0.3, 0.4) is 0 Å². The van der Waals surface area contributed by atoms with Gasteiger partial charge in [0.25, 0.3) is 10.0 Å². The number of benzene rings is 2. The first-order valence-corrected chi connectivity index (χ1v) is 9.87. The van der Waals surface area contributed by atoms with Crippen LogP contribution in [-0.4, -0.2) is 32.5 Å². The summed E-state index contributed by atoms with van der Waals surface area (Å²) in [5, 5.41) is 0.234. The predicted molar refractivity (Wildman–Crippen MR) is 97.2 cm³/mol. The van der Waals surface area contributed by atoms with Crippen LogP contribution in [0.15, 0.2) is 59.5 Å². The van der Waals surface area contributed by atoms with Gasteiger partial charge in [0.1, 0.15) is 6.54 Å². The molecule has 130 valence electrons. The van der Waals surface area contributed by atoms with E-state index in [0.717, 1.165) is 9.01 Å². The quantitative estimate of drug-likeness (QED) is 0.618. The van der Waals surface area contributed by atoms with E-state index in [1.54, 1.807) is 31.2 Å². The molecule has 0 radical (unpaired) electrons. The van der Waals surface area contributed by atoms with Crippen molar-refractivity contribution in [3.05, 3.63) is 54.6 Å². The van der Waals surface area contributed by atoms with Gasteiger partial charge in [-0.2, -0.15) is 0 Å². The molecule has 0 aliphatic rings. The maximum absolute atomic E-state index is 13.0.